The van der Waals surface area contributed by atoms with Crippen LogP contribution >= 0.6 is 21.6 Å². The first kappa shape index (κ1) is 65.9. The molecule has 0 bridgehead atoms. The minimum atomic E-state index is -1.44. The third-order valence-electron chi connectivity index (χ3n) is 14.4. The van der Waals surface area contributed by atoms with Crippen molar-refractivity contribution in [2.24, 2.45) is 38.7 Å². The van der Waals surface area contributed by atoms with Crippen LogP contribution in [0.25, 0.3) is 0 Å². The fourth-order valence-electron chi connectivity index (χ4n) is 10.0. The molecule has 0 saturated carbocycles. The number of benzene rings is 3. The van der Waals surface area contributed by atoms with Gasteiger partial charge in [-0.15, -0.1) is 0 Å². The number of hydrogen-bond donors (Lipinski definition) is 12. The van der Waals surface area contributed by atoms with Crippen LogP contribution in [-0.2, 0) is 67.2 Å². The fourth-order valence-corrected chi connectivity index (χ4v) is 12.3. The number of nitrogens with zero attached hydrogens (tertiary/aromatic N) is 4. The highest BCUT2D eigenvalue weighted by Crippen LogP contribution is 2.27. The molecule has 0 radical (unpaired) electrons. The zero-order chi connectivity index (χ0) is 61.3. The number of aliphatic imine (C=N–C) groups is 2. The molecule has 85 heavy (non-hydrogen) atoms. The number of guanidine groups is 2. The molecular weight excluding hydrogens is 1130 g/mol. The third-order valence-corrected chi connectivity index (χ3v) is 16.9. The van der Waals surface area contributed by atoms with Gasteiger partial charge >= 0.3 is 0 Å². The first-order chi connectivity index (χ1) is 40.9. The molecule has 0 aliphatic carbocycles. The van der Waals surface area contributed by atoms with E-state index in [2.05, 4.69) is 47.2 Å². The van der Waals surface area contributed by atoms with E-state index in [-0.39, 0.29) is 94.5 Å². The second-order valence-electron chi connectivity index (χ2n) is 20.9. The highest BCUT2D eigenvalue weighted by Gasteiger charge is 2.44. The van der Waals surface area contributed by atoms with Gasteiger partial charge in [-0.2, -0.15) is 0 Å². The zero-order valence-electron chi connectivity index (χ0n) is 47.2. The molecule has 28 heteroatoms. The highest BCUT2D eigenvalue weighted by molar-refractivity contribution is 8.76. The Bertz CT molecular complexity index is 2830. The second kappa shape index (κ2) is 33.9. The van der Waals surface area contributed by atoms with Gasteiger partial charge in [-0.1, -0.05) is 113 Å². The highest BCUT2D eigenvalue weighted by atomic mass is 33.1. The van der Waals surface area contributed by atoms with E-state index in [1.54, 1.807) is 91.0 Å². The smallest absolute Gasteiger partial charge is 0.246 e. The van der Waals surface area contributed by atoms with Crippen LogP contribution in [0.4, 0.5) is 0 Å². The van der Waals surface area contributed by atoms with Crippen molar-refractivity contribution in [1.82, 2.24) is 47.0 Å². The number of amides is 9. The van der Waals surface area contributed by atoms with Gasteiger partial charge in [0, 0.05) is 56.9 Å². The average molecular weight is 1210 g/mol. The van der Waals surface area contributed by atoms with Crippen molar-refractivity contribution < 1.29 is 47.9 Å². The molecule has 0 aromatic heterocycles. The van der Waals surface area contributed by atoms with Crippen LogP contribution in [0.1, 0.15) is 68.1 Å². The third kappa shape index (κ3) is 21.1. The summed E-state index contributed by atoms with van der Waals surface area (Å²) in [4.78, 5) is 152. The Labute approximate surface area is 501 Å². The Kier molecular flexibility index (Phi) is 26.3. The van der Waals surface area contributed by atoms with E-state index in [0.29, 0.717) is 48.7 Å². The first-order valence-electron chi connectivity index (χ1n) is 28.3. The molecule has 9 amide bonds. The maximum atomic E-state index is 14.9. The molecule has 9 atom stereocenters. The Morgan fingerprint density at radius 1 is 0.624 bits per heavy atom. The maximum absolute atomic E-state index is 14.9. The van der Waals surface area contributed by atoms with Gasteiger partial charge in [-0.3, -0.25) is 53.1 Å². The summed E-state index contributed by atoms with van der Waals surface area (Å²) in [5, 5.41) is 19.2. The summed E-state index contributed by atoms with van der Waals surface area (Å²) in [6.07, 6.45) is 2.85. The van der Waals surface area contributed by atoms with E-state index < -0.39 is 114 Å². The van der Waals surface area contributed by atoms with Gasteiger partial charge in [0.2, 0.25) is 53.2 Å². The largest absolute Gasteiger partial charge is 0.370 e. The Balaban J connectivity index is 1.29. The summed E-state index contributed by atoms with van der Waals surface area (Å²) in [6, 6.07) is 15.7. The van der Waals surface area contributed by atoms with Crippen LogP contribution in [0, 0.1) is 0 Å². The van der Waals surface area contributed by atoms with Gasteiger partial charge in [0.25, 0.3) is 0 Å². The fraction of sp³-hybridized carbons (Fsp3) is 0.474. The molecule has 3 aromatic rings. The summed E-state index contributed by atoms with van der Waals surface area (Å²) in [6.45, 7) is 0.186. The summed E-state index contributed by atoms with van der Waals surface area (Å²) in [5.74, 6) is -6.68. The molecule has 3 heterocycles. The van der Waals surface area contributed by atoms with Crippen LogP contribution in [0.2, 0.25) is 0 Å². The molecule has 3 aromatic carbocycles. The van der Waals surface area contributed by atoms with E-state index in [4.69, 9.17) is 28.7 Å². The van der Waals surface area contributed by atoms with Crippen LogP contribution in [0.15, 0.2) is 101 Å². The molecule has 0 spiro atoms. The SMILES string of the molecule is NC(N)=NCCC[C@@H](C=O)NC(=O)[C@H](Cc1ccccc1)NC(=O)[C@@H](Cc1ccccc1)NC(=O)[C@@H]1CSSC[C@H](N)C(=O)N[C@@H](CCCN=C(N)N)C(=O)N2CCC[C@H]2C(=O)N2CCC[C@H]2C(=O)NCC(=O)N[C@@H](Cc2ccccc2)C(=O)N1. The summed E-state index contributed by atoms with van der Waals surface area (Å²) in [5.41, 5.74) is 30.4. The van der Waals surface area contributed by atoms with Crippen molar-refractivity contribution in [2.45, 2.75) is 125 Å². The van der Waals surface area contributed by atoms with Crippen LogP contribution in [0.5, 0.6) is 0 Å². The van der Waals surface area contributed by atoms with Gasteiger partial charge in [-0.05, 0) is 68.1 Å². The zero-order valence-corrected chi connectivity index (χ0v) is 48.9. The molecule has 0 unspecified atom stereocenters. The normalized spacial score (nSPS) is 22.1. The van der Waals surface area contributed by atoms with Gasteiger partial charge in [0.1, 0.15) is 48.6 Å². The molecule has 3 saturated heterocycles. The van der Waals surface area contributed by atoms with Crippen molar-refractivity contribution in [3.63, 3.8) is 0 Å². The quantitative estimate of drug-likeness (QED) is 0.0176. The number of nitrogens with two attached hydrogens (primary N) is 5. The van der Waals surface area contributed by atoms with Crippen molar-refractivity contribution in [3.05, 3.63) is 108 Å². The molecule has 3 fully saturated rings. The van der Waals surface area contributed by atoms with Gasteiger partial charge in [-0.25, -0.2) is 0 Å². The lowest BCUT2D eigenvalue weighted by atomic mass is 10.0. The lowest BCUT2D eigenvalue weighted by Gasteiger charge is -2.33. The molecule has 3 aliphatic rings. The Morgan fingerprint density at radius 3 is 1.76 bits per heavy atom. The number of carbonyl (C=O) groups is 10. The minimum absolute atomic E-state index is 0.0110. The van der Waals surface area contributed by atoms with Crippen molar-refractivity contribution >= 4 is 93.0 Å². The number of hydrogen-bond acceptors (Lipinski definition) is 15. The number of rotatable bonds is 21. The Morgan fingerprint density at radius 2 is 1.16 bits per heavy atom. The number of fused-ring (bicyclic) bond motifs is 2. The van der Waals surface area contributed by atoms with E-state index in [1.165, 1.54) is 9.80 Å². The first-order valence-corrected chi connectivity index (χ1v) is 30.8. The molecule has 458 valence electrons. The van der Waals surface area contributed by atoms with E-state index in [1.807, 2.05) is 0 Å². The van der Waals surface area contributed by atoms with Gasteiger partial charge in [0.15, 0.2) is 11.9 Å². The topological polar surface area (TPSA) is 416 Å². The number of aldehydes is 1. The van der Waals surface area contributed by atoms with E-state index >= 15 is 0 Å². The van der Waals surface area contributed by atoms with Crippen LogP contribution in [0.3, 0.4) is 0 Å². The van der Waals surface area contributed by atoms with Crippen molar-refractivity contribution in [2.75, 3.05) is 44.2 Å². The lowest BCUT2D eigenvalue weighted by molar-refractivity contribution is -0.148. The lowest BCUT2D eigenvalue weighted by Crippen LogP contribution is -2.60. The molecule has 26 nitrogen and oxygen atoms in total. The summed E-state index contributed by atoms with van der Waals surface area (Å²) < 4.78 is 0. The monoisotopic (exact) mass is 1210 g/mol. The number of carbonyl (C=O) groups excluding carboxylic acids is 10. The average Bonchev–Trinajstić information content (AvgIpc) is 4.42. The molecule has 3 aliphatic heterocycles. The van der Waals surface area contributed by atoms with Gasteiger partial charge in [0.05, 0.1) is 18.6 Å². The van der Waals surface area contributed by atoms with E-state index in [9.17, 15) is 47.9 Å². The summed E-state index contributed by atoms with van der Waals surface area (Å²) >= 11 is 0. The van der Waals surface area contributed by atoms with Gasteiger partial charge < -0.3 is 80.5 Å². The number of nitrogens with one attached hydrogen (secondary N) is 7. The minimum Gasteiger partial charge on any atom is -0.370 e. The van der Waals surface area contributed by atoms with Crippen molar-refractivity contribution in [3.8, 4) is 0 Å². The summed E-state index contributed by atoms with van der Waals surface area (Å²) in [7, 11) is 2.15. The standard InChI is InChI=1S/C57H78N16O10S2/c58-39-33-84-85-34-44(52(80)70-43(30-37-18-8-3-9-19-37)51(79)69-42(29-36-16-6-2-7-17-36)49(77)66-38(32-74)20-10-24-63-56(59)60)71-50(78)41(28-35-14-4-1-5-15-35)67-47(75)31-65-53(81)45-22-12-26-72(45)55(83)46-23-13-27-73(46)54(82)40(68-48(39)76)21-11-25-64-57(61)62/h1-9,14-19,32,38-46H,10-13,20-31,33-34,58H2,(H,65,81)(H,66,77)(H,67,75)(H,68,76)(H,69,79)(H,70,80)(H,71,78)(H4,59,60,63)(H4,61,62,64)/t38-,39-,40-,41-,42-,43+,44-,45-,46-/m0/s1. The molecule has 6 rings (SSSR count). The van der Waals surface area contributed by atoms with Crippen molar-refractivity contribution in [1.29, 1.82) is 0 Å². The Hall–Kier alpha value is -8.24. The predicted octanol–water partition coefficient (Wildman–Crippen LogP) is -2.25. The maximum Gasteiger partial charge on any atom is 0.246 e. The predicted molar refractivity (Wildman–Crippen MR) is 323 cm³/mol. The van der Waals surface area contributed by atoms with E-state index in [0.717, 1.165) is 21.6 Å². The molecular formula is C57H78N16O10S2. The second-order valence-corrected chi connectivity index (χ2v) is 23.4. The molecule has 17 N–H and O–H groups in total. The van der Waals surface area contributed by atoms with Crippen LogP contribution < -0.4 is 65.9 Å². The van der Waals surface area contributed by atoms with Crippen LogP contribution in [-0.4, -0.2) is 180 Å².